The van der Waals surface area contributed by atoms with Crippen LogP contribution in [0.15, 0.2) is 18.2 Å². The van der Waals surface area contributed by atoms with E-state index in [1.54, 1.807) is 0 Å². The van der Waals surface area contributed by atoms with E-state index in [-0.39, 0.29) is 24.9 Å². The van der Waals surface area contributed by atoms with E-state index in [1.165, 1.54) is 0 Å². The summed E-state index contributed by atoms with van der Waals surface area (Å²) in [5.41, 5.74) is 2.85. The number of carbonyl (C=O) groups is 2. The maximum Gasteiger partial charge on any atom is 0.434 e. The molecule has 0 radical (unpaired) electrons. The summed E-state index contributed by atoms with van der Waals surface area (Å²) in [6, 6.07) is 6.00. The normalized spacial score (nSPS) is 18.4. The molecule has 13 heteroatoms. The minimum atomic E-state index is -5.74. The third kappa shape index (κ3) is 7.89. The predicted molar refractivity (Wildman–Crippen MR) is 122 cm³/mol. The Bertz CT molecular complexity index is 947. The molecular weight excluding hydrogens is 508 g/mol. The number of hydrogen-bond donors (Lipinski definition) is 2. The number of piperidine rings is 1. The zero-order valence-corrected chi connectivity index (χ0v) is 20.4. The summed E-state index contributed by atoms with van der Waals surface area (Å²) in [6.45, 7) is 4.61. The molecule has 2 aliphatic heterocycles. The van der Waals surface area contributed by atoms with Crippen LogP contribution in [0.2, 0.25) is 0 Å². The Hall–Kier alpha value is -2.70. The topological polar surface area (TPSA) is 82.1 Å². The monoisotopic (exact) mass is 539 g/mol. The summed E-state index contributed by atoms with van der Waals surface area (Å²) in [4.78, 5) is 26.0. The Kier molecular flexibility index (Phi) is 8.86. The van der Waals surface area contributed by atoms with Crippen LogP contribution in [0.3, 0.4) is 0 Å². The van der Waals surface area contributed by atoms with Gasteiger partial charge in [-0.25, -0.2) is 4.79 Å². The van der Waals surface area contributed by atoms with Crippen LogP contribution in [0.1, 0.15) is 43.2 Å². The summed E-state index contributed by atoms with van der Waals surface area (Å²) in [5.74, 6) is -0.853. The minimum absolute atomic E-state index is 0.0238. The fraction of sp³-hybridized carbons (Fsp3) is 0.667. The van der Waals surface area contributed by atoms with Crippen LogP contribution in [0, 0.1) is 12.3 Å². The Balaban J connectivity index is 1.54. The first-order chi connectivity index (χ1) is 17.2. The van der Waals surface area contributed by atoms with Crippen molar-refractivity contribution >= 4 is 17.7 Å². The number of rotatable bonds is 8. The Morgan fingerprint density at radius 1 is 1.08 bits per heavy atom. The molecule has 2 saturated heterocycles. The number of carboxylic acid groups (broad SMARTS) is 1. The van der Waals surface area contributed by atoms with Gasteiger partial charge in [0, 0.05) is 44.8 Å². The number of aliphatic carboxylic acids is 1. The number of carbonyl (C=O) groups excluding carboxylic acids is 1. The second-order valence-electron chi connectivity index (χ2n) is 9.88. The van der Waals surface area contributed by atoms with Crippen LogP contribution in [0.4, 0.5) is 36.8 Å². The molecule has 1 aromatic rings. The molecule has 37 heavy (non-hydrogen) atoms. The molecule has 0 saturated carbocycles. The largest absolute Gasteiger partial charge is 0.481 e. The fourth-order valence-corrected chi connectivity index (χ4v) is 4.93. The van der Waals surface area contributed by atoms with Crippen LogP contribution < -0.4 is 5.32 Å². The molecule has 0 aromatic heterocycles. The lowest BCUT2D eigenvalue weighted by Crippen LogP contribution is -2.50. The summed E-state index contributed by atoms with van der Waals surface area (Å²) >= 11 is 0. The fourth-order valence-electron chi connectivity index (χ4n) is 4.93. The molecular formula is C24H31F6N3O4. The first kappa shape index (κ1) is 28.9. The highest BCUT2D eigenvalue weighted by atomic mass is 19.4. The molecule has 1 spiro atoms. The molecule has 208 valence electrons. The van der Waals surface area contributed by atoms with Crippen molar-refractivity contribution in [2.75, 3.05) is 38.0 Å². The number of carboxylic acids is 1. The molecule has 2 fully saturated rings. The standard InChI is InChI=1S/C24H31F6N3O4/c1-16-4-5-17(18(13-16)31-9-2-3-19(34)35)14-32-10-6-22(15-32)7-11-33(12-8-22)21(36)37-20(23(25,26)27)24(28,29)30/h4-5,13,20,31H,2-3,6-12,14-15H2,1H3,(H,34,35). The first-order valence-corrected chi connectivity index (χ1v) is 12.1. The Morgan fingerprint density at radius 3 is 2.30 bits per heavy atom. The Morgan fingerprint density at radius 2 is 1.70 bits per heavy atom. The van der Waals surface area contributed by atoms with Crippen molar-refractivity contribution in [1.82, 2.24) is 9.80 Å². The van der Waals surface area contributed by atoms with Crippen molar-refractivity contribution in [2.24, 2.45) is 5.41 Å². The number of amides is 1. The highest BCUT2D eigenvalue weighted by Gasteiger charge is 2.60. The van der Waals surface area contributed by atoms with Crippen LogP contribution in [0.25, 0.3) is 0 Å². The van der Waals surface area contributed by atoms with E-state index in [0.29, 0.717) is 38.9 Å². The van der Waals surface area contributed by atoms with Gasteiger partial charge >= 0.3 is 24.4 Å². The molecule has 7 nitrogen and oxygen atoms in total. The van der Waals surface area contributed by atoms with Crippen molar-refractivity contribution in [2.45, 2.75) is 64.0 Å². The second kappa shape index (κ2) is 11.4. The second-order valence-corrected chi connectivity index (χ2v) is 9.88. The molecule has 0 bridgehead atoms. The van der Waals surface area contributed by atoms with Crippen LogP contribution in [-0.4, -0.2) is 78.1 Å². The third-order valence-corrected chi connectivity index (χ3v) is 6.96. The van der Waals surface area contributed by atoms with E-state index < -0.39 is 30.5 Å². The lowest BCUT2D eigenvalue weighted by atomic mass is 9.78. The van der Waals surface area contributed by atoms with Crippen LogP contribution in [-0.2, 0) is 16.1 Å². The number of hydrogen-bond acceptors (Lipinski definition) is 5. The number of aryl methyl sites for hydroxylation is 1. The highest BCUT2D eigenvalue weighted by Crippen LogP contribution is 2.42. The van der Waals surface area contributed by atoms with Gasteiger partial charge in [0.1, 0.15) is 0 Å². The van der Waals surface area contributed by atoms with Gasteiger partial charge in [-0.05, 0) is 61.8 Å². The molecule has 1 amide bonds. The third-order valence-electron chi connectivity index (χ3n) is 6.96. The number of ether oxygens (including phenoxy) is 1. The van der Waals surface area contributed by atoms with Gasteiger partial charge in [-0.15, -0.1) is 0 Å². The van der Waals surface area contributed by atoms with E-state index in [4.69, 9.17) is 5.11 Å². The van der Waals surface area contributed by atoms with E-state index in [1.807, 2.05) is 25.1 Å². The maximum atomic E-state index is 12.7. The molecule has 0 atom stereocenters. The van der Waals surface area contributed by atoms with E-state index >= 15 is 0 Å². The quantitative estimate of drug-likeness (QED) is 0.350. The first-order valence-electron chi connectivity index (χ1n) is 12.1. The maximum absolute atomic E-state index is 12.7. The molecule has 1 aromatic carbocycles. The number of halogens is 6. The highest BCUT2D eigenvalue weighted by molar-refractivity contribution is 5.68. The van der Waals surface area contributed by atoms with Gasteiger partial charge in [0.15, 0.2) is 0 Å². The summed E-state index contributed by atoms with van der Waals surface area (Å²) < 4.78 is 80.2. The lowest BCUT2D eigenvalue weighted by Gasteiger charge is -2.39. The number of nitrogens with one attached hydrogen (secondary N) is 1. The van der Waals surface area contributed by atoms with Crippen molar-refractivity contribution in [3.05, 3.63) is 29.3 Å². The van der Waals surface area contributed by atoms with E-state index in [2.05, 4.69) is 15.0 Å². The molecule has 0 aliphatic carbocycles. The number of likely N-dealkylation sites (tertiary alicyclic amines) is 2. The summed E-state index contributed by atoms with van der Waals surface area (Å²) in [5, 5.41) is 12.1. The van der Waals surface area contributed by atoms with Crippen molar-refractivity contribution < 1.29 is 45.8 Å². The number of alkyl halides is 6. The smallest absolute Gasteiger partial charge is 0.434 e. The Labute approximate surface area is 210 Å². The van der Waals surface area contributed by atoms with Gasteiger partial charge in [-0.3, -0.25) is 9.69 Å². The van der Waals surface area contributed by atoms with E-state index in [9.17, 15) is 35.9 Å². The predicted octanol–water partition coefficient (Wildman–Crippen LogP) is 5.19. The van der Waals surface area contributed by atoms with Crippen LogP contribution >= 0.6 is 0 Å². The average Bonchev–Trinajstić information content (AvgIpc) is 3.17. The minimum Gasteiger partial charge on any atom is -0.481 e. The molecule has 2 heterocycles. The zero-order valence-electron chi connectivity index (χ0n) is 20.4. The lowest BCUT2D eigenvalue weighted by molar-refractivity contribution is -0.308. The SMILES string of the molecule is Cc1ccc(CN2CCC3(CCN(C(=O)OC(C(F)(F)F)C(F)(F)F)CC3)C2)c(NCCCC(=O)O)c1. The van der Waals surface area contributed by atoms with Gasteiger partial charge in [0.25, 0.3) is 6.10 Å². The number of benzene rings is 1. The molecule has 2 aliphatic rings. The van der Waals surface area contributed by atoms with Crippen molar-refractivity contribution in [1.29, 1.82) is 0 Å². The van der Waals surface area contributed by atoms with Crippen molar-refractivity contribution in [3.8, 4) is 0 Å². The number of nitrogens with zero attached hydrogens (tertiary/aromatic N) is 2. The number of anilines is 1. The summed E-state index contributed by atoms with van der Waals surface area (Å²) in [6.07, 6.45) is -15.0. The van der Waals surface area contributed by atoms with Gasteiger partial charge < -0.3 is 20.1 Å². The van der Waals surface area contributed by atoms with Gasteiger partial charge in [-0.1, -0.05) is 12.1 Å². The van der Waals surface area contributed by atoms with Gasteiger partial charge in [-0.2, -0.15) is 26.3 Å². The molecule has 3 rings (SSSR count). The zero-order chi connectivity index (χ0) is 27.4. The van der Waals surface area contributed by atoms with Gasteiger partial charge in [0.05, 0.1) is 0 Å². The summed E-state index contributed by atoms with van der Waals surface area (Å²) in [7, 11) is 0. The van der Waals surface area contributed by atoms with E-state index in [0.717, 1.165) is 34.7 Å². The molecule has 2 N–H and O–H groups in total. The molecule has 0 unspecified atom stereocenters. The van der Waals surface area contributed by atoms with Crippen molar-refractivity contribution in [3.63, 3.8) is 0 Å². The van der Waals surface area contributed by atoms with Gasteiger partial charge in [0.2, 0.25) is 0 Å². The average molecular weight is 540 g/mol. The van der Waals surface area contributed by atoms with Crippen LogP contribution in [0.5, 0.6) is 0 Å².